The Morgan fingerprint density at radius 3 is 2.67 bits per heavy atom. The number of halogens is 1. The standard InChI is InChI=1S/C17H21BrN2O4/c1-17(2,3)24-16(22)20-14(15(21)23-4)7-10-9-19-13-6-5-11(18)8-12(10)13/h5-6,8-9,14,19H,7H2,1-4H3,(H,20,22). The average molecular weight is 397 g/mol. The number of hydrogen-bond acceptors (Lipinski definition) is 4. The van der Waals surface area contributed by atoms with Crippen LogP contribution in [0.15, 0.2) is 28.9 Å². The number of benzene rings is 1. The fourth-order valence-electron chi connectivity index (χ4n) is 2.32. The number of aromatic nitrogens is 1. The van der Waals surface area contributed by atoms with Gasteiger partial charge in [-0.3, -0.25) is 0 Å². The van der Waals surface area contributed by atoms with Crippen LogP contribution in [0.3, 0.4) is 0 Å². The molecule has 0 aliphatic rings. The Morgan fingerprint density at radius 2 is 2.04 bits per heavy atom. The van der Waals surface area contributed by atoms with E-state index >= 15 is 0 Å². The highest BCUT2D eigenvalue weighted by molar-refractivity contribution is 9.10. The Kier molecular flexibility index (Phi) is 5.54. The van der Waals surface area contributed by atoms with Crippen molar-refractivity contribution < 1.29 is 19.1 Å². The zero-order chi connectivity index (χ0) is 17.9. The van der Waals surface area contributed by atoms with Gasteiger partial charge in [-0.25, -0.2) is 9.59 Å². The number of esters is 1. The summed E-state index contributed by atoms with van der Waals surface area (Å²) in [6.07, 6.45) is 1.46. The summed E-state index contributed by atoms with van der Waals surface area (Å²) in [4.78, 5) is 27.2. The van der Waals surface area contributed by atoms with Crippen LogP contribution in [-0.4, -0.2) is 35.8 Å². The molecule has 1 heterocycles. The van der Waals surface area contributed by atoms with Crippen LogP contribution in [-0.2, 0) is 20.7 Å². The molecule has 2 aromatic rings. The Morgan fingerprint density at radius 1 is 1.33 bits per heavy atom. The van der Waals surface area contributed by atoms with Crippen molar-refractivity contribution in [3.8, 4) is 0 Å². The largest absolute Gasteiger partial charge is 0.467 e. The molecule has 1 unspecified atom stereocenters. The first-order valence-corrected chi connectivity index (χ1v) is 8.32. The number of carbonyl (C=O) groups excluding carboxylic acids is 2. The number of alkyl carbamates (subject to hydrolysis) is 1. The lowest BCUT2D eigenvalue weighted by Gasteiger charge is -2.22. The molecule has 0 saturated heterocycles. The number of nitrogens with one attached hydrogen (secondary N) is 2. The van der Waals surface area contributed by atoms with E-state index in [4.69, 9.17) is 9.47 Å². The molecule has 130 valence electrons. The van der Waals surface area contributed by atoms with Crippen molar-refractivity contribution in [2.24, 2.45) is 0 Å². The van der Waals surface area contributed by atoms with Gasteiger partial charge in [0, 0.05) is 28.0 Å². The van der Waals surface area contributed by atoms with Gasteiger partial charge < -0.3 is 19.8 Å². The van der Waals surface area contributed by atoms with Crippen molar-refractivity contribution >= 4 is 38.9 Å². The molecule has 6 nitrogen and oxygen atoms in total. The van der Waals surface area contributed by atoms with Crippen LogP contribution < -0.4 is 5.32 Å². The SMILES string of the molecule is COC(=O)C(Cc1c[nH]c2ccc(Br)cc12)NC(=O)OC(C)(C)C. The summed E-state index contributed by atoms with van der Waals surface area (Å²) in [5, 5.41) is 3.56. The second-order valence-corrected chi connectivity index (χ2v) is 7.35. The zero-order valence-corrected chi connectivity index (χ0v) is 15.7. The van der Waals surface area contributed by atoms with E-state index in [0.29, 0.717) is 6.42 Å². The van der Waals surface area contributed by atoms with Crippen LogP contribution in [0.4, 0.5) is 4.79 Å². The number of methoxy groups -OCH3 is 1. The third-order valence-electron chi connectivity index (χ3n) is 3.33. The van der Waals surface area contributed by atoms with Gasteiger partial charge in [-0.05, 0) is 44.5 Å². The Hall–Kier alpha value is -2.02. The minimum atomic E-state index is -0.831. The molecule has 0 radical (unpaired) electrons. The monoisotopic (exact) mass is 396 g/mol. The van der Waals surface area contributed by atoms with E-state index in [-0.39, 0.29) is 0 Å². The van der Waals surface area contributed by atoms with Crippen molar-refractivity contribution in [3.63, 3.8) is 0 Å². The average Bonchev–Trinajstić information content (AvgIpc) is 2.86. The molecule has 24 heavy (non-hydrogen) atoms. The molecular formula is C17H21BrN2O4. The first-order chi connectivity index (χ1) is 11.2. The highest BCUT2D eigenvalue weighted by Crippen LogP contribution is 2.24. The molecule has 7 heteroatoms. The lowest BCUT2D eigenvalue weighted by molar-refractivity contribution is -0.143. The van der Waals surface area contributed by atoms with Crippen LogP contribution in [0.2, 0.25) is 0 Å². The predicted molar refractivity (Wildman–Crippen MR) is 94.9 cm³/mol. The lowest BCUT2D eigenvalue weighted by Crippen LogP contribution is -2.45. The zero-order valence-electron chi connectivity index (χ0n) is 14.1. The number of rotatable bonds is 4. The number of hydrogen-bond donors (Lipinski definition) is 2. The van der Waals surface area contributed by atoms with E-state index in [1.54, 1.807) is 20.8 Å². The van der Waals surface area contributed by atoms with E-state index < -0.39 is 23.7 Å². The van der Waals surface area contributed by atoms with E-state index in [9.17, 15) is 9.59 Å². The Balaban J connectivity index is 2.20. The van der Waals surface area contributed by atoms with Crippen molar-refractivity contribution in [2.45, 2.75) is 38.8 Å². The Bertz CT molecular complexity index is 749. The number of carbonyl (C=O) groups is 2. The second kappa shape index (κ2) is 7.25. The quantitative estimate of drug-likeness (QED) is 0.774. The molecule has 1 amide bonds. The van der Waals surface area contributed by atoms with Gasteiger partial charge in [0.25, 0.3) is 0 Å². The third kappa shape index (κ3) is 4.74. The maximum atomic E-state index is 12.0. The summed E-state index contributed by atoms with van der Waals surface area (Å²) < 4.78 is 11.0. The van der Waals surface area contributed by atoms with Crippen LogP contribution in [0.25, 0.3) is 10.9 Å². The minimum absolute atomic E-state index is 0.294. The lowest BCUT2D eigenvalue weighted by atomic mass is 10.1. The molecule has 2 N–H and O–H groups in total. The summed E-state index contributed by atoms with van der Waals surface area (Å²) in [5.41, 5.74) is 1.21. The van der Waals surface area contributed by atoms with Crippen LogP contribution in [0, 0.1) is 0 Å². The molecule has 1 aromatic carbocycles. The van der Waals surface area contributed by atoms with Crippen LogP contribution >= 0.6 is 15.9 Å². The Labute approximate surface area is 149 Å². The molecule has 0 saturated carbocycles. The number of aromatic amines is 1. The molecule has 0 bridgehead atoms. The molecule has 0 spiro atoms. The molecule has 0 fully saturated rings. The molecular weight excluding hydrogens is 376 g/mol. The van der Waals surface area contributed by atoms with Gasteiger partial charge in [0.05, 0.1) is 7.11 Å². The van der Waals surface area contributed by atoms with Crippen molar-refractivity contribution in [1.29, 1.82) is 0 Å². The van der Waals surface area contributed by atoms with Crippen LogP contribution in [0.1, 0.15) is 26.3 Å². The normalized spacial score (nSPS) is 12.7. The molecule has 1 atom stereocenters. The smallest absolute Gasteiger partial charge is 0.408 e. The first-order valence-electron chi connectivity index (χ1n) is 7.52. The predicted octanol–water partition coefficient (Wildman–Crippen LogP) is 3.54. The highest BCUT2D eigenvalue weighted by atomic mass is 79.9. The maximum absolute atomic E-state index is 12.0. The van der Waals surface area contributed by atoms with Gasteiger partial charge >= 0.3 is 12.1 Å². The summed E-state index contributed by atoms with van der Waals surface area (Å²) in [5.74, 6) is -0.523. The minimum Gasteiger partial charge on any atom is -0.467 e. The van der Waals surface area contributed by atoms with Gasteiger partial charge in [0.15, 0.2) is 0 Å². The van der Waals surface area contributed by atoms with Gasteiger partial charge in [0.2, 0.25) is 0 Å². The number of ether oxygens (including phenoxy) is 2. The van der Waals surface area contributed by atoms with E-state index in [2.05, 4.69) is 26.2 Å². The third-order valence-corrected chi connectivity index (χ3v) is 3.82. The van der Waals surface area contributed by atoms with Crippen LogP contribution in [0.5, 0.6) is 0 Å². The second-order valence-electron chi connectivity index (χ2n) is 6.43. The summed E-state index contributed by atoms with van der Waals surface area (Å²) in [6, 6.07) is 5.00. The molecule has 2 rings (SSSR count). The topological polar surface area (TPSA) is 80.4 Å². The van der Waals surface area contributed by atoms with E-state index in [1.807, 2.05) is 24.4 Å². The maximum Gasteiger partial charge on any atom is 0.408 e. The number of H-pyrrole nitrogens is 1. The van der Waals surface area contributed by atoms with Crippen molar-refractivity contribution in [2.75, 3.05) is 7.11 Å². The van der Waals surface area contributed by atoms with E-state index in [1.165, 1.54) is 7.11 Å². The van der Waals surface area contributed by atoms with Crippen molar-refractivity contribution in [1.82, 2.24) is 10.3 Å². The van der Waals surface area contributed by atoms with Gasteiger partial charge in [-0.1, -0.05) is 15.9 Å². The summed E-state index contributed by atoms with van der Waals surface area (Å²) >= 11 is 3.44. The molecule has 0 aliphatic heterocycles. The summed E-state index contributed by atoms with van der Waals surface area (Å²) in [6.45, 7) is 5.28. The molecule has 0 aliphatic carbocycles. The number of amides is 1. The van der Waals surface area contributed by atoms with Gasteiger partial charge in [-0.2, -0.15) is 0 Å². The fraction of sp³-hybridized carbons (Fsp3) is 0.412. The van der Waals surface area contributed by atoms with E-state index in [0.717, 1.165) is 20.9 Å². The highest BCUT2D eigenvalue weighted by Gasteiger charge is 2.26. The first kappa shape index (κ1) is 18.3. The van der Waals surface area contributed by atoms with Crippen molar-refractivity contribution in [3.05, 3.63) is 34.4 Å². The van der Waals surface area contributed by atoms with Gasteiger partial charge in [0.1, 0.15) is 11.6 Å². The summed E-state index contributed by atoms with van der Waals surface area (Å²) in [7, 11) is 1.29. The number of fused-ring (bicyclic) bond motifs is 1. The molecule has 1 aromatic heterocycles. The fourth-order valence-corrected chi connectivity index (χ4v) is 2.69. The van der Waals surface area contributed by atoms with Gasteiger partial charge in [-0.15, -0.1) is 0 Å².